The fourth-order valence-corrected chi connectivity index (χ4v) is 5.87. The molecule has 2 aromatic rings. The Labute approximate surface area is 196 Å². The number of anilines is 1. The zero-order chi connectivity index (χ0) is 23.0. The summed E-state index contributed by atoms with van der Waals surface area (Å²) in [5, 5.41) is 7.47. The second-order valence-corrected chi connectivity index (χ2v) is 9.21. The van der Waals surface area contributed by atoms with E-state index in [1.807, 2.05) is 25.1 Å². The van der Waals surface area contributed by atoms with E-state index in [9.17, 15) is 13.6 Å². The van der Waals surface area contributed by atoms with Crippen molar-refractivity contribution >= 4 is 34.8 Å². The molecule has 0 spiro atoms. The molecule has 3 nitrogen and oxygen atoms in total. The van der Waals surface area contributed by atoms with Crippen LogP contribution in [0.4, 0.5) is 14.5 Å². The number of halogens is 4. The Morgan fingerprint density at radius 3 is 2.62 bits per heavy atom. The molecule has 4 rings (SSSR count). The van der Waals surface area contributed by atoms with Crippen molar-refractivity contribution in [3.8, 4) is 0 Å². The van der Waals surface area contributed by atoms with Crippen molar-refractivity contribution < 1.29 is 13.6 Å². The van der Waals surface area contributed by atoms with Crippen molar-refractivity contribution in [2.75, 3.05) is 12.4 Å². The second-order valence-electron chi connectivity index (χ2n) is 8.29. The van der Waals surface area contributed by atoms with Crippen LogP contribution in [-0.4, -0.2) is 13.0 Å². The number of benzene rings is 2. The van der Waals surface area contributed by atoms with E-state index in [0.29, 0.717) is 29.1 Å². The molecule has 0 saturated heterocycles. The van der Waals surface area contributed by atoms with Gasteiger partial charge in [0.05, 0.1) is 11.5 Å². The highest BCUT2D eigenvalue weighted by Gasteiger charge is 2.58. The molecule has 168 valence electrons. The Hall–Kier alpha value is -2.21. The number of nitrogens with one attached hydrogen (secondary N) is 2. The molecule has 0 aromatic heterocycles. The van der Waals surface area contributed by atoms with Gasteiger partial charge in [-0.2, -0.15) is 0 Å². The maximum atomic E-state index is 14.3. The Morgan fingerprint density at radius 1 is 1.19 bits per heavy atom. The molecule has 1 aliphatic carbocycles. The van der Waals surface area contributed by atoms with E-state index in [-0.39, 0.29) is 17.7 Å². The van der Waals surface area contributed by atoms with Crippen LogP contribution >= 0.6 is 23.2 Å². The van der Waals surface area contributed by atoms with Crippen LogP contribution in [0.2, 0.25) is 5.02 Å². The molecule has 7 heteroatoms. The van der Waals surface area contributed by atoms with Gasteiger partial charge in [0.2, 0.25) is 5.91 Å². The lowest BCUT2D eigenvalue weighted by atomic mass is 9.59. The van der Waals surface area contributed by atoms with Crippen LogP contribution in [0, 0.1) is 23.5 Å². The monoisotopic (exact) mass is 476 g/mol. The molecule has 32 heavy (non-hydrogen) atoms. The number of allylic oxidation sites excluding steroid dienone is 4. The van der Waals surface area contributed by atoms with Gasteiger partial charge in [-0.05, 0) is 66.8 Å². The largest absolute Gasteiger partial charge is 0.325 e. The average Bonchev–Trinajstić information content (AvgIpc) is 3.03. The summed E-state index contributed by atoms with van der Waals surface area (Å²) >= 11 is 12.6. The van der Waals surface area contributed by atoms with Gasteiger partial charge in [-0.25, -0.2) is 8.78 Å². The first-order valence-corrected chi connectivity index (χ1v) is 11.3. The van der Waals surface area contributed by atoms with E-state index in [2.05, 4.69) is 16.7 Å². The molecule has 1 unspecified atom stereocenters. The minimum atomic E-state index is -1.10. The molecule has 4 atom stereocenters. The van der Waals surface area contributed by atoms with Gasteiger partial charge in [0, 0.05) is 15.7 Å². The van der Waals surface area contributed by atoms with Gasteiger partial charge >= 0.3 is 0 Å². The SMILES string of the molecule is CC[C@@H](C1C=CC=C(Cl)C1)[C@@]1([C@@H](NC)c2ccc(F)c(F)c2)C(=O)Nc2cc(Cl)ccc21. The van der Waals surface area contributed by atoms with E-state index in [1.54, 1.807) is 19.2 Å². The number of amides is 1. The first-order valence-electron chi connectivity index (χ1n) is 10.6. The summed E-state index contributed by atoms with van der Waals surface area (Å²) in [5.74, 6) is -2.30. The lowest BCUT2D eigenvalue weighted by Gasteiger charge is -2.45. The van der Waals surface area contributed by atoms with Crippen LogP contribution in [0.15, 0.2) is 59.7 Å². The summed E-state index contributed by atoms with van der Waals surface area (Å²) < 4.78 is 28.0. The fourth-order valence-electron chi connectivity index (χ4n) is 5.45. The number of hydrogen-bond acceptors (Lipinski definition) is 2. The summed E-state index contributed by atoms with van der Waals surface area (Å²) in [6.45, 7) is 2.03. The molecular formula is C25H24Cl2F2N2O. The van der Waals surface area contributed by atoms with Crippen LogP contribution in [0.3, 0.4) is 0 Å². The van der Waals surface area contributed by atoms with Gasteiger partial charge in [0.15, 0.2) is 11.6 Å². The first-order chi connectivity index (χ1) is 15.3. The van der Waals surface area contributed by atoms with Crippen LogP contribution in [0.5, 0.6) is 0 Å². The predicted molar refractivity (Wildman–Crippen MR) is 125 cm³/mol. The van der Waals surface area contributed by atoms with Crippen molar-refractivity contribution in [1.29, 1.82) is 0 Å². The van der Waals surface area contributed by atoms with Crippen molar-refractivity contribution in [1.82, 2.24) is 5.32 Å². The van der Waals surface area contributed by atoms with E-state index >= 15 is 0 Å². The van der Waals surface area contributed by atoms with E-state index in [4.69, 9.17) is 23.2 Å². The minimum absolute atomic E-state index is 0.0222. The zero-order valence-corrected chi connectivity index (χ0v) is 19.3. The summed E-state index contributed by atoms with van der Waals surface area (Å²) in [5.41, 5.74) is 0.799. The number of hydrogen-bond donors (Lipinski definition) is 2. The smallest absolute Gasteiger partial charge is 0.237 e. The summed E-state index contributed by atoms with van der Waals surface area (Å²) in [6.07, 6.45) is 7.10. The molecule has 2 aromatic carbocycles. The quantitative estimate of drug-likeness (QED) is 0.499. The van der Waals surface area contributed by atoms with E-state index in [1.165, 1.54) is 6.07 Å². The van der Waals surface area contributed by atoms with E-state index < -0.39 is 23.1 Å². The summed E-state index contributed by atoms with van der Waals surface area (Å²) in [6, 6.07) is 8.50. The Balaban J connectivity index is 1.97. The number of carbonyl (C=O) groups excluding carboxylic acids is 1. The van der Waals surface area contributed by atoms with Gasteiger partial charge in [-0.15, -0.1) is 0 Å². The van der Waals surface area contributed by atoms with Crippen molar-refractivity contribution in [2.45, 2.75) is 31.2 Å². The topological polar surface area (TPSA) is 41.1 Å². The van der Waals surface area contributed by atoms with Crippen molar-refractivity contribution in [3.05, 3.63) is 87.4 Å². The lowest BCUT2D eigenvalue weighted by molar-refractivity contribution is -0.125. The van der Waals surface area contributed by atoms with Gasteiger partial charge in [0.1, 0.15) is 0 Å². The third-order valence-electron chi connectivity index (χ3n) is 6.68. The van der Waals surface area contributed by atoms with Gasteiger partial charge in [-0.1, -0.05) is 60.8 Å². The molecule has 0 saturated carbocycles. The predicted octanol–water partition coefficient (Wildman–Crippen LogP) is 6.49. The molecule has 0 radical (unpaired) electrons. The highest BCUT2D eigenvalue weighted by molar-refractivity contribution is 6.31. The Morgan fingerprint density at radius 2 is 1.97 bits per heavy atom. The van der Waals surface area contributed by atoms with Crippen LogP contribution in [0.1, 0.15) is 36.9 Å². The number of likely N-dealkylation sites (N-methyl/N-ethyl adjacent to an activating group) is 1. The molecule has 1 heterocycles. The number of carbonyl (C=O) groups is 1. The molecular weight excluding hydrogens is 453 g/mol. The molecule has 0 bridgehead atoms. The summed E-state index contributed by atoms with van der Waals surface area (Å²) in [4.78, 5) is 13.9. The van der Waals surface area contributed by atoms with Crippen molar-refractivity contribution in [3.63, 3.8) is 0 Å². The van der Waals surface area contributed by atoms with Crippen molar-refractivity contribution in [2.24, 2.45) is 11.8 Å². The lowest BCUT2D eigenvalue weighted by Crippen LogP contribution is -2.53. The highest BCUT2D eigenvalue weighted by Crippen LogP contribution is 2.55. The first kappa shape index (κ1) is 23.0. The van der Waals surface area contributed by atoms with Crippen LogP contribution in [-0.2, 0) is 10.2 Å². The molecule has 2 aliphatic rings. The number of rotatable bonds is 6. The standard InChI is InChI=1S/C25H24Cl2F2N2O/c1-3-18(14-5-4-6-16(26)11-14)25(19-9-8-17(27)13-22(19)31-24(25)32)23(30-2)15-7-10-20(28)21(29)12-15/h4-10,12-14,18,23,30H,3,11H2,1-2H3,(H,31,32)/t14?,18-,23-,25+/m0/s1. The summed E-state index contributed by atoms with van der Waals surface area (Å²) in [7, 11) is 1.73. The molecule has 1 aliphatic heterocycles. The average molecular weight is 477 g/mol. The Kier molecular flexibility index (Phi) is 6.44. The van der Waals surface area contributed by atoms with Crippen LogP contribution in [0.25, 0.3) is 0 Å². The van der Waals surface area contributed by atoms with E-state index in [0.717, 1.165) is 22.7 Å². The van der Waals surface area contributed by atoms with Crippen LogP contribution < -0.4 is 10.6 Å². The maximum absolute atomic E-state index is 14.3. The minimum Gasteiger partial charge on any atom is -0.325 e. The maximum Gasteiger partial charge on any atom is 0.237 e. The normalized spacial score (nSPS) is 24.0. The second kappa shape index (κ2) is 8.97. The number of fused-ring (bicyclic) bond motifs is 1. The molecule has 0 fully saturated rings. The molecule has 1 amide bonds. The third kappa shape index (κ3) is 3.66. The van der Waals surface area contributed by atoms with Gasteiger partial charge < -0.3 is 10.6 Å². The highest BCUT2D eigenvalue weighted by atomic mass is 35.5. The van der Waals surface area contributed by atoms with Gasteiger partial charge in [-0.3, -0.25) is 4.79 Å². The fraction of sp³-hybridized carbons (Fsp3) is 0.320. The van der Waals surface area contributed by atoms with Gasteiger partial charge in [0.25, 0.3) is 0 Å². The molecule has 2 N–H and O–H groups in total. The third-order valence-corrected chi connectivity index (χ3v) is 7.20. The Bertz CT molecular complexity index is 1120. The zero-order valence-electron chi connectivity index (χ0n) is 17.8.